The standard InChI is InChI=1S/C22H23N3O6/c1-24-20(27)14-7-5-6-8-15(14)25-18(26)9-10-22(24,25)21(28)23-13-11-16(29-2)19(31-4)17(12-13)30-3/h5-8,11-12H,9-10H2,1-4H3,(H,23,28)/t22-/m1/s1. The summed E-state index contributed by atoms with van der Waals surface area (Å²) in [5.41, 5.74) is -0.263. The number of carbonyl (C=O) groups excluding carboxylic acids is 3. The minimum absolute atomic E-state index is 0.147. The smallest absolute Gasteiger partial charge is 0.271 e. The Bertz CT molecular complexity index is 1060. The van der Waals surface area contributed by atoms with Gasteiger partial charge in [-0.15, -0.1) is 0 Å². The molecule has 0 radical (unpaired) electrons. The number of methoxy groups -OCH3 is 3. The molecule has 0 unspecified atom stereocenters. The van der Waals surface area contributed by atoms with Gasteiger partial charge in [-0.05, 0) is 12.1 Å². The van der Waals surface area contributed by atoms with Crippen molar-refractivity contribution in [3.8, 4) is 17.2 Å². The highest BCUT2D eigenvalue weighted by Crippen LogP contribution is 2.45. The molecule has 2 aliphatic heterocycles. The normalized spacial score (nSPS) is 19.6. The summed E-state index contributed by atoms with van der Waals surface area (Å²) in [5.74, 6) is 0.0870. The van der Waals surface area contributed by atoms with Crippen LogP contribution in [0.3, 0.4) is 0 Å². The molecule has 1 fully saturated rings. The van der Waals surface area contributed by atoms with Crippen LogP contribution in [-0.4, -0.2) is 56.7 Å². The van der Waals surface area contributed by atoms with Crippen molar-refractivity contribution in [1.82, 2.24) is 4.90 Å². The van der Waals surface area contributed by atoms with E-state index in [9.17, 15) is 14.4 Å². The number of para-hydroxylation sites is 1. The first-order valence-electron chi connectivity index (χ1n) is 9.70. The molecule has 0 spiro atoms. The molecule has 1 atom stereocenters. The number of anilines is 2. The molecular formula is C22H23N3O6. The van der Waals surface area contributed by atoms with Crippen LogP contribution in [-0.2, 0) is 9.59 Å². The van der Waals surface area contributed by atoms with Crippen LogP contribution in [0.5, 0.6) is 17.2 Å². The Kier molecular flexibility index (Phi) is 4.96. The summed E-state index contributed by atoms with van der Waals surface area (Å²) in [7, 11) is 5.98. The van der Waals surface area contributed by atoms with Crippen LogP contribution >= 0.6 is 0 Å². The maximum absolute atomic E-state index is 13.6. The van der Waals surface area contributed by atoms with Crippen molar-refractivity contribution in [1.29, 1.82) is 0 Å². The van der Waals surface area contributed by atoms with Crippen molar-refractivity contribution >= 4 is 29.1 Å². The van der Waals surface area contributed by atoms with Gasteiger partial charge in [0.1, 0.15) is 0 Å². The fourth-order valence-corrected chi connectivity index (χ4v) is 4.31. The summed E-state index contributed by atoms with van der Waals surface area (Å²) >= 11 is 0. The Morgan fingerprint density at radius 2 is 1.68 bits per heavy atom. The lowest BCUT2D eigenvalue weighted by Crippen LogP contribution is -2.68. The molecule has 1 N–H and O–H groups in total. The van der Waals surface area contributed by atoms with Crippen molar-refractivity contribution in [2.45, 2.75) is 18.5 Å². The van der Waals surface area contributed by atoms with Gasteiger partial charge in [0, 0.05) is 37.7 Å². The van der Waals surface area contributed by atoms with Crippen molar-refractivity contribution in [3.05, 3.63) is 42.0 Å². The summed E-state index contributed by atoms with van der Waals surface area (Å²) in [6.07, 6.45) is 0.327. The lowest BCUT2D eigenvalue weighted by molar-refractivity contribution is -0.128. The van der Waals surface area contributed by atoms with E-state index in [2.05, 4.69) is 5.32 Å². The third-order valence-electron chi connectivity index (χ3n) is 5.83. The second-order valence-corrected chi connectivity index (χ2v) is 7.30. The highest BCUT2D eigenvalue weighted by molar-refractivity contribution is 6.18. The molecule has 2 aromatic carbocycles. The summed E-state index contributed by atoms with van der Waals surface area (Å²) in [6, 6.07) is 10.00. The summed E-state index contributed by atoms with van der Waals surface area (Å²) < 4.78 is 16.0. The van der Waals surface area contributed by atoms with Crippen LogP contribution in [0.15, 0.2) is 36.4 Å². The highest BCUT2D eigenvalue weighted by Gasteiger charge is 2.59. The number of amides is 3. The van der Waals surface area contributed by atoms with Crippen LogP contribution < -0.4 is 24.4 Å². The van der Waals surface area contributed by atoms with Gasteiger partial charge >= 0.3 is 0 Å². The monoisotopic (exact) mass is 425 g/mol. The van der Waals surface area contributed by atoms with E-state index in [1.165, 1.54) is 31.1 Å². The largest absolute Gasteiger partial charge is 0.493 e. The van der Waals surface area contributed by atoms with E-state index >= 15 is 0 Å². The lowest BCUT2D eigenvalue weighted by atomic mass is 9.96. The van der Waals surface area contributed by atoms with Crippen LogP contribution in [0, 0.1) is 0 Å². The molecule has 9 heteroatoms. The van der Waals surface area contributed by atoms with Crippen LogP contribution in [0.2, 0.25) is 0 Å². The van der Waals surface area contributed by atoms with Crippen LogP contribution in [0.4, 0.5) is 11.4 Å². The molecule has 31 heavy (non-hydrogen) atoms. The Morgan fingerprint density at radius 1 is 1.03 bits per heavy atom. The second kappa shape index (κ2) is 7.50. The molecule has 0 saturated carbocycles. The predicted octanol–water partition coefficient (Wildman–Crippen LogP) is 2.26. The van der Waals surface area contributed by atoms with Gasteiger partial charge in [0.15, 0.2) is 11.5 Å². The van der Waals surface area contributed by atoms with Gasteiger partial charge in [0.25, 0.3) is 11.8 Å². The van der Waals surface area contributed by atoms with E-state index in [4.69, 9.17) is 14.2 Å². The quantitative estimate of drug-likeness (QED) is 0.789. The number of hydrogen-bond donors (Lipinski definition) is 1. The zero-order chi connectivity index (χ0) is 22.3. The number of carbonyl (C=O) groups is 3. The van der Waals surface area contributed by atoms with Crippen LogP contribution in [0.25, 0.3) is 0 Å². The molecule has 0 bridgehead atoms. The number of nitrogens with one attached hydrogen (secondary N) is 1. The predicted molar refractivity (Wildman–Crippen MR) is 113 cm³/mol. The van der Waals surface area contributed by atoms with E-state index in [1.807, 2.05) is 0 Å². The van der Waals surface area contributed by atoms with Gasteiger partial charge in [0.2, 0.25) is 17.3 Å². The molecule has 0 aromatic heterocycles. The Hall–Kier alpha value is -3.75. The Balaban J connectivity index is 1.78. The average Bonchev–Trinajstić information content (AvgIpc) is 3.15. The highest BCUT2D eigenvalue weighted by atomic mass is 16.5. The third-order valence-corrected chi connectivity index (χ3v) is 5.83. The third kappa shape index (κ3) is 2.88. The maximum Gasteiger partial charge on any atom is 0.271 e. The minimum Gasteiger partial charge on any atom is -0.493 e. The zero-order valence-corrected chi connectivity index (χ0v) is 17.7. The summed E-state index contributed by atoms with van der Waals surface area (Å²) in [6.45, 7) is 0. The number of ether oxygens (including phenoxy) is 3. The van der Waals surface area contributed by atoms with E-state index in [1.54, 1.807) is 43.4 Å². The van der Waals surface area contributed by atoms with Gasteiger partial charge in [-0.3, -0.25) is 19.3 Å². The number of likely N-dealkylation sites (N-methyl/N-ethyl adjacent to an activating group) is 1. The molecule has 4 rings (SSSR count). The number of nitrogens with zero attached hydrogens (tertiary/aromatic N) is 2. The molecule has 9 nitrogen and oxygen atoms in total. The van der Waals surface area contributed by atoms with Crippen molar-refractivity contribution in [2.24, 2.45) is 0 Å². The molecule has 0 aliphatic carbocycles. The van der Waals surface area contributed by atoms with E-state index in [0.29, 0.717) is 34.2 Å². The summed E-state index contributed by atoms with van der Waals surface area (Å²) in [4.78, 5) is 42.3. The van der Waals surface area contributed by atoms with Crippen LogP contribution in [0.1, 0.15) is 23.2 Å². The topological polar surface area (TPSA) is 97.4 Å². The first-order chi connectivity index (χ1) is 14.9. The lowest BCUT2D eigenvalue weighted by Gasteiger charge is -2.47. The fourth-order valence-electron chi connectivity index (χ4n) is 4.31. The van der Waals surface area contributed by atoms with E-state index in [-0.39, 0.29) is 24.7 Å². The molecule has 1 saturated heterocycles. The first kappa shape index (κ1) is 20.5. The fraction of sp³-hybridized carbons (Fsp3) is 0.318. The molecule has 2 aromatic rings. The average molecular weight is 425 g/mol. The SMILES string of the molecule is COc1cc(NC(=O)[C@@]23CCC(=O)N2c2ccccc2C(=O)N3C)cc(OC)c1OC. The zero-order valence-electron chi connectivity index (χ0n) is 17.7. The first-order valence-corrected chi connectivity index (χ1v) is 9.70. The van der Waals surface area contributed by atoms with Gasteiger partial charge in [-0.2, -0.15) is 0 Å². The van der Waals surface area contributed by atoms with Crippen molar-refractivity contribution in [2.75, 3.05) is 38.6 Å². The van der Waals surface area contributed by atoms with Gasteiger partial charge in [-0.1, -0.05) is 12.1 Å². The van der Waals surface area contributed by atoms with Gasteiger partial charge < -0.3 is 24.4 Å². The molecule has 162 valence electrons. The Labute approximate surface area is 179 Å². The van der Waals surface area contributed by atoms with Gasteiger partial charge in [0.05, 0.1) is 32.6 Å². The van der Waals surface area contributed by atoms with E-state index < -0.39 is 11.6 Å². The maximum atomic E-state index is 13.6. The number of fused-ring (bicyclic) bond motifs is 3. The van der Waals surface area contributed by atoms with Crippen molar-refractivity contribution < 1.29 is 28.6 Å². The number of hydrogen-bond acceptors (Lipinski definition) is 6. The molecule has 2 heterocycles. The molecular weight excluding hydrogens is 402 g/mol. The summed E-state index contributed by atoms with van der Waals surface area (Å²) in [5, 5.41) is 2.83. The second-order valence-electron chi connectivity index (χ2n) is 7.30. The van der Waals surface area contributed by atoms with Gasteiger partial charge in [-0.25, -0.2) is 0 Å². The van der Waals surface area contributed by atoms with Crippen molar-refractivity contribution in [3.63, 3.8) is 0 Å². The molecule has 3 amide bonds. The molecule has 2 aliphatic rings. The number of benzene rings is 2. The Morgan fingerprint density at radius 3 is 2.29 bits per heavy atom. The van der Waals surface area contributed by atoms with E-state index in [0.717, 1.165) is 0 Å². The minimum atomic E-state index is -1.47. The number of rotatable bonds is 5.